The van der Waals surface area contributed by atoms with Crippen LogP contribution in [0, 0.1) is 0 Å². The van der Waals surface area contributed by atoms with Crippen LogP contribution in [0.3, 0.4) is 0 Å². The number of hydrogen-bond donors (Lipinski definition) is 2. The highest BCUT2D eigenvalue weighted by molar-refractivity contribution is 7.89. The second kappa shape index (κ2) is 5.33. The number of piperidine rings is 1. The van der Waals surface area contributed by atoms with Crippen molar-refractivity contribution in [3.05, 3.63) is 0 Å². The molecule has 96 valence electrons. The van der Waals surface area contributed by atoms with Gasteiger partial charge in [0.1, 0.15) is 6.54 Å². The summed E-state index contributed by atoms with van der Waals surface area (Å²) in [5.41, 5.74) is 0. The van der Waals surface area contributed by atoms with Crippen LogP contribution in [0.15, 0.2) is 0 Å². The quantitative estimate of drug-likeness (QED) is 0.778. The Morgan fingerprint density at radius 3 is 2.50 bits per heavy atom. The lowest BCUT2D eigenvalue weighted by molar-refractivity contribution is -0.121. The molecule has 0 aromatic carbocycles. The zero-order valence-corrected chi connectivity index (χ0v) is 9.50. The van der Waals surface area contributed by atoms with Gasteiger partial charge >= 0.3 is 6.18 Å². The molecule has 2 N–H and O–H groups in total. The fraction of sp³-hybridized carbons (Fsp3) is 1.00. The van der Waals surface area contributed by atoms with Gasteiger partial charge in [0, 0.05) is 6.04 Å². The first kappa shape index (κ1) is 13.7. The van der Waals surface area contributed by atoms with Gasteiger partial charge in [0.15, 0.2) is 0 Å². The number of hydrogen-bond acceptors (Lipinski definition) is 3. The van der Waals surface area contributed by atoms with Crippen molar-refractivity contribution < 1.29 is 21.6 Å². The molecule has 1 aliphatic rings. The van der Waals surface area contributed by atoms with Gasteiger partial charge in [-0.25, -0.2) is 13.1 Å². The summed E-state index contributed by atoms with van der Waals surface area (Å²) in [5, 5.41) is 2.97. The summed E-state index contributed by atoms with van der Waals surface area (Å²) < 4.78 is 59.6. The molecule has 0 radical (unpaired) electrons. The van der Waals surface area contributed by atoms with Gasteiger partial charge < -0.3 is 5.32 Å². The van der Waals surface area contributed by atoms with Crippen LogP contribution in [-0.4, -0.2) is 39.5 Å². The van der Waals surface area contributed by atoms with E-state index in [1.807, 2.05) is 0 Å². The first-order valence-electron chi connectivity index (χ1n) is 5.06. The van der Waals surface area contributed by atoms with E-state index in [1.54, 1.807) is 4.72 Å². The summed E-state index contributed by atoms with van der Waals surface area (Å²) in [6.45, 7) is -0.776. The predicted molar refractivity (Wildman–Crippen MR) is 53.5 cm³/mol. The van der Waals surface area contributed by atoms with Gasteiger partial charge in [-0.15, -0.1) is 0 Å². The molecule has 0 spiro atoms. The molecule has 0 bridgehead atoms. The molecule has 1 saturated heterocycles. The van der Waals surface area contributed by atoms with Crippen LogP contribution in [0.1, 0.15) is 19.3 Å². The van der Waals surface area contributed by atoms with E-state index in [1.165, 1.54) is 0 Å². The SMILES string of the molecule is O=S(=O)(CC1CCCCN1)NCC(F)(F)F. The van der Waals surface area contributed by atoms with Crippen LogP contribution in [0.2, 0.25) is 0 Å². The Labute approximate surface area is 92.6 Å². The first-order valence-corrected chi connectivity index (χ1v) is 6.71. The lowest BCUT2D eigenvalue weighted by Gasteiger charge is -2.23. The van der Waals surface area contributed by atoms with Crippen LogP contribution in [0.5, 0.6) is 0 Å². The van der Waals surface area contributed by atoms with E-state index in [4.69, 9.17) is 0 Å². The molecule has 8 heteroatoms. The van der Waals surface area contributed by atoms with Crippen LogP contribution in [0.25, 0.3) is 0 Å². The minimum Gasteiger partial charge on any atom is -0.313 e. The molecule has 4 nitrogen and oxygen atoms in total. The zero-order chi connectivity index (χ0) is 12.2. The fourth-order valence-corrected chi connectivity index (χ4v) is 2.90. The van der Waals surface area contributed by atoms with Gasteiger partial charge in [-0.2, -0.15) is 13.2 Å². The average molecular weight is 260 g/mol. The number of nitrogens with one attached hydrogen (secondary N) is 2. The molecule has 0 aromatic heterocycles. The second-order valence-corrected chi connectivity index (χ2v) is 5.72. The van der Waals surface area contributed by atoms with Crippen molar-refractivity contribution in [3.63, 3.8) is 0 Å². The van der Waals surface area contributed by atoms with Gasteiger partial charge in [-0.1, -0.05) is 6.42 Å². The van der Waals surface area contributed by atoms with Gasteiger partial charge in [0.25, 0.3) is 0 Å². The Bertz CT molecular complexity index is 310. The number of alkyl halides is 3. The molecule has 0 aliphatic carbocycles. The van der Waals surface area contributed by atoms with Crippen LogP contribution < -0.4 is 10.0 Å². The van der Waals surface area contributed by atoms with E-state index < -0.39 is 22.7 Å². The largest absolute Gasteiger partial charge is 0.402 e. The minimum atomic E-state index is -4.51. The smallest absolute Gasteiger partial charge is 0.313 e. The first-order chi connectivity index (χ1) is 7.29. The van der Waals surface area contributed by atoms with Crippen LogP contribution in [0.4, 0.5) is 13.2 Å². The van der Waals surface area contributed by atoms with Crippen molar-refractivity contribution >= 4 is 10.0 Å². The summed E-state index contributed by atoms with van der Waals surface area (Å²) in [7, 11) is -3.85. The highest BCUT2D eigenvalue weighted by atomic mass is 32.2. The highest BCUT2D eigenvalue weighted by Crippen LogP contribution is 2.13. The van der Waals surface area contributed by atoms with Gasteiger partial charge in [0.2, 0.25) is 10.0 Å². The number of sulfonamides is 1. The summed E-state index contributed by atoms with van der Waals surface area (Å²) in [6, 6.07) is -0.237. The Hall–Kier alpha value is -0.340. The molecule has 1 atom stereocenters. The zero-order valence-electron chi connectivity index (χ0n) is 8.68. The van der Waals surface area contributed by atoms with Crippen molar-refractivity contribution in [2.24, 2.45) is 0 Å². The normalized spacial score (nSPS) is 23.3. The maximum absolute atomic E-state index is 11.8. The Morgan fingerprint density at radius 1 is 1.31 bits per heavy atom. The third kappa shape index (κ3) is 5.66. The fourth-order valence-electron chi connectivity index (χ4n) is 1.58. The van der Waals surface area contributed by atoms with Crippen LogP contribution >= 0.6 is 0 Å². The summed E-state index contributed by atoms with van der Waals surface area (Å²) in [4.78, 5) is 0. The average Bonchev–Trinajstić information content (AvgIpc) is 2.15. The van der Waals surface area contributed by atoms with E-state index in [2.05, 4.69) is 5.32 Å². The molecule has 1 fully saturated rings. The molecular weight excluding hydrogens is 245 g/mol. The predicted octanol–water partition coefficient (Wildman–Crippen LogP) is 0.610. The van der Waals surface area contributed by atoms with E-state index in [9.17, 15) is 21.6 Å². The number of halogens is 3. The number of rotatable bonds is 4. The van der Waals surface area contributed by atoms with E-state index in [0.29, 0.717) is 6.42 Å². The molecule has 1 rings (SSSR count). The molecule has 0 amide bonds. The van der Waals surface area contributed by atoms with Crippen molar-refractivity contribution in [2.45, 2.75) is 31.5 Å². The van der Waals surface area contributed by atoms with Gasteiger partial charge in [0.05, 0.1) is 5.75 Å². The Kier molecular flexibility index (Phi) is 4.57. The molecule has 1 unspecified atom stereocenters. The van der Waals surface area contributed by atoms with Gasteiger partial charge in [-0.3, -0.25) is 0 Å². The van der Waals surface area contributed by atoms with Crippen molar-refractivity contribution in [1.82, 2.24) is 10.0 Å². The minimum absolute atomic E-state index is 0.237. The third-order valence-electron chi connectivity index (χ3n) is 2.33. The summed E-state index contributed by atoms with van der Waals surface area (Å²) in [6.07, 6.45) is -1.93. The van der Waals surface area contributed by atoms with E-state index >= 15 is 0 Å². The molecule has 1 aliphatic heterocycles. The van der Waals surface area contributed by atoms with Crippen molar-refractivity contribution in [3.8, 4) is 0 Å². The van der Waals surface area contributed by atoms with Crippen LogP contribution in [-0.2, 0) is 10.0 Å². The van der Waals surface area contributed by atoms with Crippen molar-refractivity contribution in [1.29, 1.82) is 0 Å². The molecule has 0 aromatic rings. The summed E-state index contributed by atoms with van der Waals surface area (Å²) in [5.74, 6) is -0.289. The van der Waals surface area contributed by atoms with E-state index in [0.717, 1.165) is 19.4 Å². The lowest BCUT2D eigenvalue weighted by atomic mass is 10.1. The molecule has 0 saturated carbocycles. The lowest BCUT2D eigenvalue weighted by Crippen LogP contribution is -2.44. The van der Waals surface area contributed by atoms with Crippen molar-refractivity contribution in [2.75, 3.05) is 18.8 Å². The highest BCUT2D eigenvalue weighted by Gasteiger charge is 2.30. The van der Waals surface area contributed by atoms with Gasteiger partial charge in [-0.05, 0) is 19.4 Å². The maximum atomic E-state index is 11.8. The van der Waals surface area contributed by atoms with E-state index in [-0.39, 0.29) is 11.8 Å². The monoisotopic (exact) mass is 260 g/mol. The standard InChI is InChI=1S/C8H15F3N2O2S/c9-8(10,11)6-13-16(14,15)5-7-3-1-2-4-12-7/h7,12-13H,1-6H2. The second-order valence-electron chi connectivity index (χ2n) is 3.86. The summed E-state index contributed by atoms with van der Waals surface area (Å²) >= 11 is 0. The molecular formula is C8H15F3N2O2S. The Balaban J connectivity index is 2.38. The topological polar surface area (TPSA) is 58.2 Å². The maximum Gasteiger partial charge on any atom is 0.402 e. The Morgan fingerprint density at radius 2 is 2.00 bits per heavy atom. The third-order valence-corrected chi connectivity index (χ3v) is 3.75. The molecule has 16 heavy (non-hydrogen) atoms. The molecule has 1 heterocycles.